The summed E-state index contributed by atoms with van der Waals surface area (Å²) in [5.74, 6) is 0.406. The topological polar surface area (TPSA) is 39.9 Å². The van der Waals surface area contributed by atoms with Crippen molar-refractivity contribution < 1.29 is 9.13 Å². The molecule has 0 unspecified atom stereocenters. The van der Waals surface area contributed by atoms with Gasteiger partial charge in [-0.1, -0.05) is 12.1 Å². The molecule has 0 bridgehead atoms. The number of aromatic nitrogens is 3. The Morgan fingerprint density at radius 1 is 1.12 bits per heavy atom. The molecule has 0 saturated heterocycles. The first-order chi connectivity index (χ1) is 12.1. The van der Waals surface area contributed by atoms with E-state index in [2.05, 4.69) is 28.4 Å². The molecule has 3 aromatic heterocycles. The summed E-state index contributed by atoms with van der Waals surface area (Å²) in [4.78, 5) is 9.88. The van der Waals surface area contributed by atoms with Crippen LogP contribution in [0, 0.1) is 5.82 Å². The molecule has 0 N–H and O–H groups in total. The van der Waals surface area contributed by atoms with Crippen LogP contribution in [-0.4, -0.2) is 14.5 Å². The van der Waals surface area contributed by atoms with Crippen LogP contribution in [0.5, 0.6) is 11.5 Å². The van der Waals surface area contributed by atoms with Gasteiger partial charge in [-0.15, -0.1) is 11.3 Å². The molecule has 126 valence electrons. The summed E-state index contributed by atoms with van der Waals surface area (Å²) in [6, 6.07) is 10.5. The predicted molar refractivity (Wildman–Crippen MR) is 97.7 cm³/mol. The molecule has 0 radical (unpaired) electrons. The van der Waals surface area contributed by atoms with Crippen LogP contribution in [0.3, 0.4) is 0 Å². The third-order valence-electron chi connectivity index (χ3n) is 3.88. The molecule has 0 amide bonds. The largest absolute Gasteiger partial charge is 0.453 e. The minimum absolute atomic E-state index is 0.203. The summed E-state index contributed by atoms with van der Waals surface area (Å²) in [5, 5.41) is 0. The summed E-state index contributed by atoms with van der Waals surface area (Å²) in [6.45, 7) is 4.22. The van der Waals surface area contributed by atoms with Gasteiger partial charge in [0.15, 0.2) is 11.6 Å². The summed E-state index contributed by atoms with van der Waals surface area (Å²) in [5.41, 5.74) is 1.71. The highest BCUT2D eigenvalue weighted by molar-refractivity contribution is 7.22. The summed E-state index contributed by atoms with van der Waals surface area (Å²) < 4.78 is 22.6. The molecule has 25 heavy (non-hydrogen) atoms. The molecule has 4 rings (SSSR count). The molecule has 3 heterocycles. The average Bonchev–Trinajstić information content (AvgIpc) is 3.23. The predicted octanol–water partition coefficient (Wildman–Crippen LogP) is 5.67. The van der Waals surface area contributed by atoms with E-state index in [1.165, 1.54) is 6.07 Å². The number of ether oxygens (including phenoxy) is 1. The van der Waals surface area contributed by atoms with Gasteiger partial charge in [-0.05, 0) is 32.0 Å². The zero-order valence-electron chi connectivity index (χ0n) is 13.8. The minimum Gasteiger partial charge on any atom is -0.453 e. The lowest BCUT2D eigenvalue weighted by Crippen LogP contribution is -1.95. The van der Waals surface area contributed by atoms with Crippen molar-refractivity contribution in [1.29, 1.82) is 0 Å². The number of imidazole rings is 1. The summed E-state index contributed by atoms with van der Waals surface area (Å²) >= 11 is 1.54. The maximum Gasteiger partial charge on any atom is 0.165 e. The van der Waals surface area contributed by atoms with E-state index >= 15 is 0 Å². The van der Waals surface area contributed by atoms with E-state index in [1.54, 1.807) is 41.8 Å². The normalized spacial score (nSPS) is 11.4. The van der Waals surface area contributed by atoms with Crippen molar-refractivity contribution >= 4 is 21.6 Å². The fraction of sp³-hybridized carbons (Fsp3) is 0.158. The molecule has 0 aliphatic carbocycles. The zero-order valence-corrected chi connectivity index (χ0v) is 14.6. The van der Waals surface area contributed by atoms with Gasteiger partial charge in [0.25, 0.3) is 0 Å². The first-order valence-electron chi connectivity index (χ1n) is 7.96. The molecule has 0 atom stereocenters. The number of halogens is 1. The molecule has 4 aromatic rings. The van der Waals surface area contributed by atoms with E-state index < -0.39 is 0 Å². The molecular formula is C19H16FN3OS. The fourth-order valence-electron chi connectivity index (χ4n) is 2.51. The number of benzene rings is 1. The van der Waals surface area contributed by atoms with Crippen LogP contribution in [0.15, 0.2) is 55.1 Å². The smallest absolute Gasteiger partial charge is 0.165 e. The SMILES string of the molecule is CC(C)n1cnc(-c2cc3nccc(Oc4ccccc4F)c3s2)c1. The van der Waals surface area contributed by atoms with E-state index in [0.717, 1.165) is 20.8 Å². The summed E-state index contributed by atoms with van der Waals surface area (Å²) in [6.07, 6.45) is 5.52. The highest BCUT2D eigenvalue weighted by Gasteiger charge is 2.14. The first-order valence-corrected chi connectivity index (χ1v) is 8.78. The third kappa shape index (κ3) is 3.00. The van der Waals surface area contributed by atoms with Crippen molar-refractivity contribution in [3.8, 4) is 22.1 Å². The number of nitrogens with zero attached hydrogens (tertiary/aromatic N) is 3. The van der Waals surface area contributed by atoms with Gasteiger partial charge in [0, 0.05) is 24.5 Å². The molecule has 0 aliphatic heterocycles. The fourth-order valence-corrected chi connectivity index (χ4v) is 3.54. The number of rotatable bonds is 4. The number of hydrogen-bond donors (Lipinski definition) is 0. The minimum atomic E-state index is -0.389. The van der Waals surface area contributed by atoms with Crippen molar-refractivity contribution in [1.82, 2.24) is 14.5 Å². The Balaban J connectivity index is 1.74. The first kappa shape index (κ1) is 15.8. The van der Waals surface area contributed by atoms with Crippen molar-refractivity contribution in [3.63, 3.8) is 0 Å². The van der Waals surface area contributed by atoms with E-state index in [0.29, 0.717) is 11.8 Å². The van der Waals surface area contributed by atoms with E-state index in [-0.39, 0.29) is 11.6 Å². The molecule has 6 heteroatoms. The molecule has 0 aliphatic rings. The Morgan fingerprint density at radius 2 is 1.96 bits per heavy atom. The monoisotopic (exact) mass is 353 g/mol. The lowest BCUT2D eigenvalue weighted by Gasteiger charge is -2.06. The molecule has 0 saturated carbocycles. The van der Waals surface area contributed by atoms with E-state index in [4.69, 9.17) is 4.74 Å². The number of fused-ring (bicyclic) bond motifs is 1. The van der Waals surface area contributed by atoms with Gasteiger partial charge < -0.3 is 9.30 Å². The lowest BCUT2D eigenvalue weighted by atomic mass is 10.3. The molecule has 1 aromatic carbocycles. The Kier molecular flexibility index (Phi) is 3.97. The second-order valence-electron chi connectivity index (χ2n) is 5.97. The second kappa shape index (κ2) is 6.29. The number of thiophene rings is 1. The Hall–Kier alpha value is -2.73. The van der Waals surface area contributed by atoms with Crippen LogP contribution in [0.1, 0.15) is 19.9 Å². The van der Waals surface area contributed by atoms with Crippen molar-refractivity contribution in [2.24, 2.45) is 0 Å². The maximum atomic E-state index is 13.9. The standard InChI is InChI=1S/C19H16FN3OS/c1-12(2)23-10-15(22-11-23)18-9-14-19(25-18)17(7-8-21-14)24-16-6-4-3-5-13(16)20/h3-12H,1-2H3. The molecule has 4 nitrogen and oxygen atoms in total. The number of hydrogen-bond acceptors (Lipinski definition) is 4. The number of para-hydroxylation sites is 1. The Labute approximate surface area is 148 Å². The van der Waals surface area contributed by atoms with E-state index in [9.17, 15) is 4.39 Å². The van der Waals surface area contributed by atoms with Crippen molar-refractivity contribution in [2.75, 3.05) is 0 Å². The molecular weight excluding hydrogens is 337 g/mol. The highest BCUT2D eigenvalue weighted by atomic mass is 32.1. The van der Waals surface area contributed by atoms with Gasteiger partial charge in [0.05, 0.1) is 27.1 Å². The lowest BCUT2D eigenvalue weighted by molar-refractivity contribution is 0.447. The van der Waals surface area contributed by atoms with Gasteiger partial charge >= 0.3 is 0 Å². The van der Waals surface area contributed by atoms with Crippen LogP contribution >= 0.6 is 11.3 Å². The average molecular weight is 353 g/mol. The van der Waals surface area contributed by atoms with Crippen LogP contribution in [0.2, 0.25) is 0 Å². The van der Waals surface area contributed by atoms with E-state index in [1.807, 2.05) is 18.6 Å². The number of pyridine rings is 1. The zero-order chi connectivity index (χ0) is 17.4. The Morgan fingerprint density at radius 3 is 2.72 bits per heavy atom. The quantitative estimate of drug-likeness (QED) is 0.474. The Bertz CT molecular complexity index is 1040. The van der Waals surface area contributed by atoms with Crippen LogP contribution < -0.4 is 4.74 Å². The van der Waals surface area contributed by atoms with Gasteiger partial charge in [-0.2, -0.15) is 0 Å². The van der Waals surface area contributed by atoms with Gasteiger partial charge in [0.1, 0.15) is 5.75 Å². The van der Waals surface area contributed by atoms with Gasteiger partial charge in [-0.3, -0.25) is 4.98 Å². The highest BCUT2D eigenvalue weighted by Crippen LogP contribution is 2.39. The van der Waals surface area contributed by atoms with Gasteiger partial charge in [0.2, 0.25) is 0 Å². The summed E-state index contributed by atoms with van der Waals surface area (Å²) in [7, 11) is 0. The van der Waals surface area contributed by atoms with Crippen LogP contribution in [0.25, 0.3) is 20.8 Å². The molecule has 0 fully saturated rings. The van der Waals surface area contributed by atoms with Crippen LogP contribution in [0.4, 0.5) is 4.39 Å². The van der Waals surface area contributed by atoms with Crippen molar-refractivity contribution in [3.05, 3.63) is 60.9 Å². The molecule has 0 spiro atoms. The van der Waals surface area contributed by atoms with Gasteiger partial charge in [-0.25, -0.2) is 9.37 Å². The van der Waals surface area contributed by atoms with Crippen LogP contribution in [-0.2, 0) is 0 Å². The third-order valence-corrected chi connectivity index (χ3v) is 5.04. The second-order valence-corrected chi connectivity index (χ2v) is 7.02. The van der Waals surface area contributed by atoms with Crippen molar-refractivity contribution in [2.45, 2.75) is 19.9 Å². The maximum absolute atomic E-state index is 13.9.